The van der Waals surface area contributed by atoms with Crippen LogP contribution >= 0.6 is 0 Å². The first-order valence-electron chi connectivity index (χ1n) is 7.61. The van der Waals surface area contributed by atoms with E-state index in [0.29, 0.717) is 5.56 Å². The lowest BCUT2D eigenvalue weighted by Crippen LogP contribution is -2.24. The molecule has 0 radical (unpaired) electrons. The Hall–Kier alpha value is -2.71. The molecule has 0 aliphatic carbocycles. The van der Waals surface area contributed by atoms with Crippen molar-refractivity contribution in [1.82, 2.24) is 14.4 Å². The van der Waals surface area contributed by atoms with E-state index >= 15 is 0 Å². The molecule has 0 saturated heterocycles. The predicted octanol–water partition coefficient (Wildman–Crippen LogP) is 1.95. The number of fused-ring (bicyclic) bond motifs is 1. The molecule has 130 valence electrons. The summed E-state index contributed by atoms with van der Waals surface area (Å²) in [6, 6.07) is 10.4. The Morgan fingerprint density at radius 2 is 1.88 bits per heavy atom. The highest BCUT2D eigenvalue weighted by molar-refractivity contribution is 7.89. The molecule has 8 heteroatoms. The summed E-state index contributed by atoms with van der Waals surface area (Å²) in [7, 11) is -2.31. The number of nitrogens with one attached hydrogen (secondary N) is 2. The zero-order valence-corrected chi connectivity index (χ0v) is 14.9. The minimum absolute atomic E-state index is 0.0932. The maximum Gasteiger partial charge on any atom is 0.270 e. The fraction of sp³-hybridized carbons (Fsp3) is 0.176. The topological polar surface area (TPSA) is 93.1 Å². The van der Waals surface area contributed by atoms with Crippen molar-refractivity contribution in [3.8, 4) is 0 Å². The average Bonchev–Trinajstić information content (AvgIpc) is 3.00. The third kappa shape index (κ3) is 3.13. The maximum atomic E-state index is 12.6. The molecule has 0 saturated carbocycles. The quantitative estimate of drug-likeness (QED) is 0.745. The molecule has 2 N–H and O–H groups in total. The SMILES string of the molecule is CNS(=O)(=O)c1cc(C(=O)Nn2cnc3ccccc32)cc(C)c1C. The van der Waals surface area contributed by atoms with Crippen LogP contribution in [0.2, 0.25) is 0 Å². The van der Waals surface area contributed by atoms with Gasteiger partial charge in [0.1, 0.15) is 6.33 Å². The molecule has 3 aromatic rings. The standard InChI is InChI=1S/C17H18N4O3S/c1-11-8-13(9-16(12(11)2)25(23,24)18-3)17(22)20-21-10-19-14-6-4-5-7-15(14)21/h4-10,18H,1-3H3,(H,20,22). The molecule has 7 nitrogen and oxygen atoms in total. The third-order valence-corrected chi connectivity index (χ3v) is 5.66. The van der Waals surface area contributed by atoms with Crippen LogP contribution in [0.1, 0.15) is 21.5 Å². The minimum atomic E-state index is -3.65. The van der Waals surface area contributed by atoms with Crippen molar-refractivity contribution in [2.75, 3.05) is 12.5 Å². The van der Waals surface area contributed by atoms with E-state index in [4.69, 9.17) is 0 Å². The maximum absolute atomic E-state index is 12.6. The van der Waals surface area contributed by atoms with Crippen LogP contribution in [0, 0.1) is 13.8 Å². The molecule has 3 rings (SSSR count). The van der Waals surface area contributed by atoms with Crippen LogP contribution in [0.4, 0.5) is 0 Å². The van der Waals surface area contributed by atoms with Crippen LogP contribution in [0.3, 0.4) is 0 Å². The van der Waals surface area contributed by atoms with Crippen LogP contribution in [0.5, 0.6) is 0 Å². The number of nitrogens with zero attached hydrogens (tertiary/aromatic N) is 2. The van der Waals surface area contributed by atoms with Gasteiger partial charge in [-0.1, -0.05) is 12.1 Å². The minimum Gasteiger partial charge on any atom is -0.267 e. The van der Waals surface area contributed by atoms with Gasteiger partial charge in [0.15, 0.2) is 0 Å². The number of para-hydroxylation sites is 2. The number of hydrogen-bond donors (Lipinski definition) is 2. The van der Waals surface area contributed by atoms with Gasteiger partial charge in [-0.2, -0.15) is 0 Å². The number of aromatic nitrogens is 2. The first kappa shape index (κ1) is 17.1. The van der Waals surface area contributed by atoms with E-state index < -0.39 is 15.9 Å². The summed E-state index contributed by atoms with van der Waals surface area (Å²) in [5, 5.41) is 0. The Morgan fingerprint density at radius 3 is 2.60 bits per heavy atom. The first-order chi connectivity index (χ1) is 11.8. The molecular weight excluding hydrogens is 340 g/mol. The summed E-state index contributed by atoms with van der Waals surface area (Å²) in [4.78, 5) is 16.9. The third-order valence-electron chi connectivity index (χ3n) is 4.12. The number of carbonyl (C=O) groups excluding carboxylic acids is 1. The summed E-state index contributed by atoms with van der Waals surface area (Å²) >= 11 is 0. The molecule has 0 fully saturated rings. The van der Waals surface area contributed by atoms with Gasteiger partial charge < -0.3 is 0 Å². The fourth-order valence-corrected chi connectivity index (χ4v) is 3.64. The summed E-state index contributed by atoms with van der Waals surface area (Å²) in [5.74, 6) is -0.418. The van der Waals surface area contributed by atoms with Crippen LogP contribution in [-0.4, -0.2) is 31.0 Å². The average molecular weight is 358 g/mol. The van der Waals surface area contributed by atoms with E-state index in [-0.39, 0.29) is 10.5 Å². The van der Waals surface area contributed by atoms with Gasteiger partial charge in [0.05, 0.1) is 15.9 Å². The number of carbonyl (C=O) groups is 1. The van der Waals surface area contributed by atoms with E-state index in [1.807, 2.05) is 24.3 Å². The number of amides is 1. The molecule has 0 atom stereocenters. The number of sulfonamides is 1. The predicted molar refractivity (Wildman–Crippen MR) is 95.6 cm³/mol. The highest BCUT2D eigenvalue weighted by Crippen LogP contribution is 2.21. The fourth-order valence-electron chi connectivity index (χ4n) is 2.57. The van der Waals surface area contributed by atoms with E-state index in [2.05, 4.69) is 15.1 Å². The van der Waals surface area contributed by atoms with Gasteiger partial charge in [0.2, 0.25) is 10.0 Å². The lowest BCUT2D eigenvalue weighted by molar-refractivity contribution is 0.101. The first-order valence-corrected chi connectivity index (χ1v) is 9.10. The zero-order valence-electron chi connectivity index (χ0n) is 14.1. The summed E-state index contributed by atoms with van der Waals surface area (Å²) in [6.07, 6.45) is 1.51. The van der Waals surface area contributed by atoms with E-state index in [1.54, 1.807) is 19.9 Å². The van der Waals surface area contributed by atoms with Gasteiger partial charge in [-0.15, -0.1) is 0 Å². The summed E-state index contributed by atoms with van der Waals surface area (Å²) in [5.41, 5.74) is 5.82. The number of hydrogen-bond acceptors (Lipinski definition) is 4. The highest BCUT2D eigenvalue weighted by atomic mass is 32.2. The lowest BCUT2D eigenvalue weighted by atomic mass is 10.1. The molecule has 1 heterocycles. The molecule has 0 aliphatic heterocycles. The Balaban J connectivity index is 2.00. The van der Waals surface area contributed by atoms with Crippen molar-refractivity contribution in [3.05, 3.63) is 59.4 Å². The Kier molecular flexibility index (Phi) is 4.32. The molecule has 2 aromatic carbocycles. The second-order valence-electron chi connectivity index (χ2n) is 5.67. The normalized spacial score (nSPS) is 11.6. The van der Waals surface area contributed by atoms with Gasteiger partial charge in [0, 0.05) is 5.56 Å². The molecule has 25 heavy (non-hydrogen) atoms. The van der Waals surface area contributed by atoms with Crippen molar-refractivity contribution in [2.45, 2.75) is 18.7 Å². The lowest BCUT2D eigenvalue weighted by Gasteiger charge is -2.13. The number of rotatable bonds is 4. The largest absolute Gasteiger partial charge is 0.270 e. The number of imidazole rings is 1. The Morgan fingerprint density at radius 1 is 1.16 bits per heavy atom. The van der Waals surface area contributed by atoms with Crippen LogP contribution in [0.15, 0.2) is 47.6 Å². The van der Waals surface area contributed by atoms with Crippen molar-refractivity contribution in [3.63, 3.8) is 0 Å². The molecule has 1 amide bonds. The summed E-state index contributed by atoms with van der Waals surface area (Å²) in [6.45, 7) is 3.48. The molecule has 0 bridgehead atoms. The monoisotopic (exact) mass is 358 g/mol. The Labute approximate surface area is 145 Å². The smallest absolute Gasteiger partial charge is 0.267 e. The Bertz CT molecular complexity index is 1070. The molecule has 0 spiro atoms. The second kappa shape index (κ2) is 6.30. The second-order valence-corrected chi connectivity index (χ2v) is 7.52. The molecular formula is C17H18N4O3S. The van der Waals surface area contributed by atoms with Gasteiger partial charge in [-0.3, -0.25) is 10.2 Å². The van der Waals surface area contributed by atoms with Gasteiger partial charge in [-0.05, 0) is 56.3 Å². The number of aryl methyl sites for hydroxylation is 1. The van der Waals surface area contributed by atoms with E-state index in [1.165, 1.54) is 24.1 Å². The summed E-state index contributed by atoms with van der Waals surface area (Å²) < 4.78 is 28.2. The van der Waals surface area contributed by atoms with Gasteiger partial charge in [0.25, 0.3) is 5.91 Å². The molecule has 1 aromatic heterocycles. The van der Waals surface area contributed by atoms with Crippen LogP contribution < -0.4 is 10.1 Å². The van der Waals surface area contributed by atoms with E-state index in [9.17, 15) is 13.2 Å². The van der Waals surface area contributed by atoms with Crippen molar-refractivity contribution in [2.24, 2.45) is 0 Å². The van der Waals surface area contributed by atoms with Gasteiger partial charge >= 0.3 is 0 Å². The molecule has 0 unspecified atom stereocenters. The van der Waals surface area contributed by atoms with E-state index in [0.717, 1.165) is 16.6 Å². The highest BCUT2D eigenvalue weighted by Gasteiger charge is 2.19. The van der Waals surface area contributed by atoms with Crippen molar-refractivity contribution < 1.29 is 13.2 Å². The van der Waals surface area contributed by atoms with Gasteiger partial charge in [-0.25, -0.2) is 22.8 Å². The number of benzene rings is 2. The zero-order chi connectivity index (χ0) is 18.2. The van der Waals surface area contributed by atoms with Crippen LogP contribution in [0.25, 0.3) is 11.0 Å². The van der Waals surface area contributed by atoms with Crippen molar-refractivity contribution in [1.29, 1.82) is 0 Å². The molecule has 0 aliphatic rings. The van der Waals surface area contributed by atoms with Crippen LogP contribution in [-0.2, 0) is 10.0 Å². The van der Waals surface area contributed by atoms with Crippen molar-refractivity contribution >= 4 is 27.0 Å².